The second kappa shape index (κ2) is 7.21. The second-order valence-electron chi connectivity index (χ2n) is 4.26. The zero-order valence-corrected chi connectivity index (χ0v) is 9.25. The monoisotopic (exact) mass is 199 g/mol. The molecule has 0 aromatic heterocycles. The van der Waals surface area contributed by atoms with E-state index in [1.165, 1.54) is 38.8 Å². The fourth-order valence-corrected chi connectivity index (χ4v) is 2.34. The Bertz CT molecular complexity index is 132. The van der Waals surface area contributed by atoms with Crippen LogP contribution in [0.25, 0.3) is 0 Å². The first-order valence-electron chi connectivity index (χ1n) is 6.02. The lowest BCUT2D eigenvalue weighted by Gasteiger charge is -2.34. The van der Waals surface area contributed by atoms with E-state index in [9.17, 15) is 0 Å². The van der Waals surface area contributed by atoms with Gasteiger partial charge >= 0.3 is 0 Å². The van der Waals surface area contributed by atoms with Crippen LogP contribution in [0.5, 0.6) is 0 Å². The number of hydrogen-bond donors (Lipinski definition) is 2. The van der Waals surface area contributed by atoms with E-state index in [0.29, 0.717) is 6.04 Å². The molecule has 1 aliphatic heterocycles. The van der Waals surface area contributed by atoms with E-state index in [1.807, 2.05) is 0 Å². The van der Waals surface area contributed by atoms with Crippen LogP contribution in [0.2, 0.25) is 0 Å². The molecule has 0 radical (unpaired) electrons. The minimum atomic E-state index is 0.698. The first-order chi connectivity index (χ1) is 6.88. The molecule has 1 saturated heterocycles. The fraction of sp³-hybridized carbons (Fsp3) is 1.00. The predicted octanol–water partition coefficient (Wildman–Crippen LogP) is 0.929. The van der Waals surface area contributed by atoms with Crippen LogP contribution in [-0.2, 0) is 0 Å². The number of nitrogens with zero attached hydrogens (tertiary/aromatic N) is 1. The molecule has 0 aromatic rings. The molecule has 1 unspecified atom stereocenters. The number of likely N-dealkylation sites (tertiary alicyclic amines) is 1. The van der Waals surface area contributed by atoms with E-state index in [1.54, 1.807) is 0 Å². The summed E-state index contributed by atoms with van der Waals surface area (Å²) in [4.78, 5) is 2.62. The van der Waals surface area contributed by atoms with Crippen molar-refractivity contribution in [3.8, 4) is 0 Å². The SMILES string of the molecule is NCCCC(CCN)N1CCCCC1. The quantitative estimate of drug-likeness (QED) is 0.669. The standard InChI is InChI=1S/C11H25N3/c12-7-4-5-11(6-8-13)14-9-2-1-3-10-14/h11H,1-10,12-13H2. The van der Waals surface area contributed by atoms with Crippen molar-refractivity contribution in [2.75, 3.05) is 26.2 Å². The predicted molar refractivity (Wildman–Crippen MR) is 61.2 cm³/mol. The van der Waals surface area contributed by atoms with Gasteiger partial charge in [0.15, 0.2) is 0 Å². The average Bonchev–Trinajstić information content (AvgIpc) is 2.25. The molecule has 1 aliphatic rings. The summed E-state index contributed by atoms with van der Waals surface area (Å²) >= 11 is 0. The van der Waals surface area contributed by atoms with Crippen LogP contribution >= 0.6 is 0 Å². The Morgan fingerprint density at radius 3 is 2.21 bits per heavy atom. The van der Waals surface area contributed by atoms with Crippen molar-refractivity contribution in [2.45, 2.75) is 44.6 Å². The topological polar surface area (TPSA) is 55.3 Å². The maximum absolute atomic E-state index is 5.65. The van der Waals surface area contributed by atoms with E-state index in [2.05, 4.69) is 4.90 Å². The maximum atomic E-state index is 5.65. The van der Waals surface area contributed by atoms with Gasteiger partial charge in [0, 0.05) is 6.04 Å². The zero-order chi connectivity index (χ0) is 10.2. The summed E-state index contributed by atoms with van der Waals surface area (Å²) in [5.41, 5.74) is 11.2. The van der Waals surface area contributed by atoms with Gasteiger partial charge in [-0.05, 0) is 58.3 Å². The molecular formula is C11H25N3. The highest BCUT2D eigenvalue weighted by Gasteiger charge is 2.18. The highest BCUT2D eigenvalue weighted by molar-refractivity contribution is 4.75. The summed E-state index contributed by atoms with van der Waals surface area (Å²) in [6.07, 6.45) is 7.64. The van der Waals surface area contributed by atoms with Gasteiger partial charge in [0.1, 0.15) is 0 Å². The number of piperidine rings is 1. The maximum Gasteiger partial charge on any atom is 0.0108 e. The van der Waals surface area contributed by atoms with E-state index in [0.717, 1.165) is 25.9 Å². The minimum absolute atomic E-state index is 0.698. The minimum Gasteiger partial charge on any atom is -0.330 e. The largest absolute Gasteiger partial charge is 0.330 e. The van der Waals surface area contributed by atoms with E-state index in [4.69, 9.17) is 11.5 Å². The smallest absolute Gasteiger partial charge is 0.0108 e. The first-order valence-corrected chi connectivity index (χ1v) is 6.02. The Morgan fingerprint density at radius 1 is 0.929 bits per heavy atom. The van der Waals surface area contributed by atoms with Crippen molar-refractivity contribution in [2.24, 2.45) is 11.5 Å². The summed E-state index contributed by atoms with van der Waals surface area (Å²) in [5, 5.41) is 0. The Balaban J connectivity index is 2.30. The van der Waals surface area contributed by atoms with Crippen LogP contribution in [0.1, 0.15) is 38.5 Å². The van der Waals surface area contributed by atoms with E-state index in [-0.39, 0.29) is 0 Å². The van der Waals surface area contributed by atoms with Gasteiger partial charge in [0.2, 0.25) is 0 Å². The zero-order valence-electron chi connectivity index (χ0n) is 9.25. The van der Waals surface area contributed by atoms with Gasteiger partial charge in [0.25, 0.3) is 0 Å². The van der Waals surface area contributed by atoms with Crippen LogP contribution in [0.3, 0.4) is 0 Å². The molecule has 4 N–H and O–H groups in total. The van der Waals surface area contributed by atoms with E-state index < -0.39 is 0 Å². The van der Waals surface area contributed by atoms with Gasteiger partial charge in [-0.3, -0.25) is 0 Å². The van der Waals surface area contributed by atoms with Crippen molar-refractivity contribution in [3.05, 3.63) is 0 Å². The lowest BCUT2D eigenvalue weighted by molar-refractivity contribution is 0.148. The van der Waals surface area contributed by atoms with Crippen molar-refractivity contribution in [1.82, 2.24) is 4.90 Å². The Hall–Kier alpha value is -0.120. The highest BCUT2D eigenvalue weighted by atomic mass is 15.2. The lowest BCUT2D eigenvalue weighted by atomic mass is 10.0. The van der Waals surface area contributed by atoms with Gasteiger partial charge in [-0.1, -0.05) is 6.42 Å². The Labute approximate surface area is 87.8 Å². The molecule has 1 fully saturated rings. The molecule has 14 heavy (non-hydrogen) atoms. The summed E-state index contributed by atoms with van der Waals surface area (Å²) < 4.78 is 0. The van der Waals surface area contributed by atoms with Crippen molar-refractivity contribution < 1.29 is 0 Å². The molecule has 0 amide bonds. The summed E-state index contributed by atoms with van der Waals surface area (Å²) in [7, 11) is 0. The van der Waals surface area contributed by atoms with Gasteiger partial charge in [-0.2, -0.15) is 0 Å². The molecule has 0 spiro atoms. The first kappa shape index (κ1) is 12.0. The number of nitrogens with two attached hydrogens (primary N) is 2. The Morgan fingerprint density at radius 2 is 1.64 bits per heavy atom. The van der Waals surface area contributed by atoms with Crippen LogP contribution in [0.4, 0.5) is 0 Å². The normalized spacial score (nSPS) is 21.0. The van der Waals surface area contributed by atoms with Gasteiger partial charge in [-0.15, -0.1) is 0 Å². The van der Waals surface area contributed by atoms with Crippen molar-refractivity contribution in [3.63, 3.8) is 0 Å². The molecule has 84 valence electrons. The third-order valence-corrected chi connectivity index (χ3v) is 3.15. The van der Waals surface area contributed by atoms with Crippen LogP contribution in [0, 0.1) is 0 Å². The molecule has 1 rings (SSSR count). The molecule has 0 aliphatic carbocycles. The lowest BCUT2D eigenvalue weighted by Crippen LogP contribution is -2.40. The van der Waals surface area contributed by atoms with Crippen molar-refractivity contribution in [1.29, 1.82) is 0 Å². The van der Waals surface area contributed by atoms with Gasteiger partial charge in [0.05, 0.1) is 0 Å². The summed E-state index contributed by atoms with van der Waals surface area (Å²) in [5.74, 6) is 0. The Kier molecular flexibility index (Phi) is 6.15. The number of rotatable bonds is 6. The molecule has 3 heteroatoms. The third kappa shape index (κ3) is 3.95. The highest BCUT2D eigenvalue weighted by Crippen LogP contribution is 2.17. The van der Waals surface area contributed by atoms with Gasteiger partial charge < -0.3 is 16.4 Å². The molecule has 3 nitrogen and oxygen atoms in total. The molecule has 1 atom stereocenters. The van der Waals surface area contributed by atoms with Crippen LogP contribution < -0.4 is 11.5 Å². The van der Waals surface area contributed by atoms with Crippen molar-refractivity contribution >= 4 is 0 Å². The average molecular weight is 199 g/mol. The fourth-order valence-electron chi connectivity index (χ4n) is 2.34. The van der Waals surface area contributed by atoms with Crippen LogP contribution in [-0.4, -0.2) is 37.1 Å². The molecule has 0 aromatic carbocycles. The third-order valence-electron chi connectivity index (χ3n) is 3.15. The molecular weight excluding hydrogens is 174 g/mol. The van der Waals surface area contributed by atoms with Crippen LogP contribution in [0.15, 0.2) is 0 Å². The number of hydrogen-bond acceptors (Lipinski definition) is 3. The molecule has 1 heterocycles. The van der Waals surface area contributed by atoms with Gasteiger partial charge in [-0.25, -0.2) is 0 Å². The second-order valence-corrected chi connectivity index (χ2v) is 4.26. The molecule has 0 bridgehead atoms. The molecule has 0 saturated carbocycles. The summed E-state index contributed by atoms with van der Waals surface area (Å²) in [6.45, 7) is 4.17. The summed E-state index contributed by atoms with van der Waals surface area (Å²) in [6, 6.07) is 0.698. The van der Waals surface area contributed by atoms with E-state index >= 15 is 0 Å².